The van der Waals surface area contributed by atoms with Crippen molar-refractivity contribution in [2.75, 3.05) is 0 Å². The molecule has 0 spiro atoms. The van der Waals surface area contributed by atoms with Gasteiger partial charge in [0.15, 0.2) is 0 Å². The fourth-order valence-electron chi connectivity index (χ4n) is 11.0. The Bertz CT molecular complexity index is 4920. The minimum Gasteiger partial charge on any atom is -0.355 e. The number of hydrogen-bond acceptors (Lipinski definition) is 4. The number of imidazole rings is 4. The molecular weight excluding hydrogens is 1040 g/mol. The molecule has 352 valence electrons. The van der Waals surface area contributed by atoms with Crippen LogP contribution in [-0.2, 0) is 0 Å². The maximum atomic E-state index is 10.6. The molecule has 0 fully saturated rings. The maximum Gasteiger partial charge on any atom is 0.220 e. The SMILES string of the molecule is N#Cc1c(-n2c3ccccc3c3ccccc32)cccc1-n1c2ccccc2n2c3ccccc3nc12.N#Cc1c(I)cccc1-n1c2ccccc2n2c3ccccc3nc12.c1ccc2c(c1)[nH]c1ccccc12. The first-order chi connectivity index (χ1) is 37.1. The second-order valence-electron chi connectivity index (χ2n) is 18.2. The van der Waals surface area contributed by atoms with Crippen LogP contribution >= 0.6 is 22.6 Å². The third-order valence-electron chi connectivity index (χ3n) is 14.2. The number of hydrogen-bond donors (Lipinski definition) is 1. The van der Waals surface area contributed by atoms with Crippen LogP contribution in [-0.4, -0.2) is 37.5 Å². The molecule has 0 amide bonds. The molecule has 16 rings (SSSR count). The number of benzene rings is 10. The van der Waals surface area contributed by atoms with Gasteiger partial charge in [0.1, 0.15) is 17.7 Å². The summed E-state index contributed by atoms with van der Waals surface area (Å²) in [5.41, 5.74) is 16.5. The number of fused-ring (bicyclic) bond motifs is 16. The van der Waals surface area contributed by atoms with Crippen molar-refractivity contribution in [3.05, 3.63) is 245 Å². The van der Waals surface area contributed by atoms with E-state index in [2.05, 4.69) is 184 Å². The minimum atomic E-state index is 0.601. The van der Waals surface area contributed by atoms with Crippen molar-refractivity contribution in [1.82, 2.24) is 37.5 Å². The number of nitriles is 2. The van der Waals surface area contributed by atoms with E-state index < -0.39 is 0 Å². The van der Waals surface area contributed by atoms with E-state index in [4.69, 9.17) is 9.97 Å². The highest BCUT2D eigenvalue weighted by Crippen LogP contribution is 2.37. The van der Waals surface area contributed by atoms with E-state index in [9.17, 15) is 10.5 Å². The van der Waals surface area contributed by atoms with Crippen molar-refractivity contribution in [3.63, 3.8) is 0 Å². The summed E-state index contributed by atoms with van der Waals surface area (Å²) in [4.78, 5) is 13.2. The highest BCUT2D eigenvalue weighted by molar-refractivity contribution is 14.1. The monoisotopic (exact) mass is 1070 g/mol. The Morgan fingerprint density at radius 3 is 1.17 bits per heavy atom. The van der Waals surface area contributed by atoms with Crippen molar-refractivity contribution < 1.29 is 0 Å². The van der Waals surface area contributed by atoms with Gasteiger partial charge in [0.25, 0.3) is 0 Å². The highest BCUT2D eigenvalue weighted by Gasteiger charge is 2.23. The van der Waals surface area contributed by atoms with Gasteiger partial charge >= 0.3 is 0 Å². The first kappa shape index (κ1) is 43.8. The van der Waals surface area contributed by atoms with Crippen LogP contribution in [0.25, 0.3) is 116 Å². The quantitative estimate of drug-likeness (QED) is 0.178. The number of halogens is 1. The molecule has 0 bridgehead atoms. The number of H-pyrrole nitrogens is 1. The molecule has 1 N–H and O–H groups in total. The number of rotatable bonds is 3. The molecule has 11 heteroatoms. The molecule has 0 unspecified atom stereocenters. The standard InChI is InChI=1S/C32H19N5.C20H11IN4.C12H9N/c33-20-23-27(35-25-13-4-1-10-21(25)22-11-2-5-14-26(22)35)18-9-19-28(23)36-30-16-7-8-17-31(30)37-29-15-6-3-12-24(29)34-32(36)37;21-14-6-5-11-16(13(14)12-22)24-18-9-3-4-10-19(18)25-17-8-2-1-7-15(17)23-20(24)25;1-3-7-11-9(5-1)10-6-2-4-8-12(10)13-11/h1-19H;1-11H;1-8,13H. The fourth-order valence-corrected chi connectivity index (χ4v) is 11.6. The largest absolute Gasteiger partial charge is 0.355 e. The van der Waals surface area contributed by atoms with Gasteiger partial charge in [-0.05, 0) is 120 Å². The van der Waals surface area contributed by atoms with Crippen LogP contribution in [0.3, 0.4) is 0 Å². The number of nitrogens with zero attached hydrogens (tertiary/aromatic N) is 9. The van der Waals surface area contributed by atoms with Gasteiger partial charge in [-0.1, -0.05) is 133 Å². The molecule has 0 aliphatic rings. The maximum absolute atomic E-state index is 10.6. The molecule has 0 aliphatic heterocycles. The highest BCUT2D eigenvalue weighted by atomic mass is 127. The van der Waals surface area contributed by atoms with E-state index in [-0.39, 0.29) is 0 Å². The molecule has 6 heterocycles. The van der Waals surface area contributed by atoms with Gasteiger partial charge in [0.2, 0.25) is 11.6 Å². The van der Waals surface area contributed by atoms with E-state index in [0.717, 1.165) is 87.4 Å². The second-order valence-corrected chi connectivity index (χ2v) is 19.4. The van der Waals surface area contributed by atoms with Crippen LogP contribution in [0.2, 0.25) is 0 Å². The topological polar surface area (TPSA) is 113 Å². The zero-order chi connectivity index (χ0) is 50.1. The molecule has 0 aliphatic carbocycles. The first-order valence-corrected chi connectivity index (χ1v) is 25.6. The van der Waals surface area contributed by atoms with Gasteiger partial charge < -0.3 is 9.55 Å². The molecule has 0 saturated heterocycles. The van der Waals surface area contributed by atoms with Crippen LogP contribution in [0.4, 0.5) is 0 Å². The van der Waals surface area contributed by atoms with Crippen molar-refractivity contribution >= 4 is 122 Å². The Morgan fingerprint density at radius 1 is 0.333 bits per heavy atom. The molecule has 10 nitrogen and oxygen atoms in total. The van der Waals surface area contributed by atoms with E-state index in [1.165, 1.54) is 32.6 Å². The van der Waals surface area contributed by atoms with E-state index >= 15 is 0 Å². The predicted molar refractivity (Wildman–Crippen MR) is 311 cm³/mol. The number of aromatic amines is 1. The molecule has 10 aromatic carbocycles. The smallest absolute Gasteiger partial charge is 0.220 e. The number of nitrogens with one attached hydrogen (secondary N) is 1. The molecule has 0 atom stereocenters. The van der Waals surface area contributed by atoms with E-state index in [1.807, 2.05) is 109 Å². The zero-order valence-corrected chi connectivity index (χ0v) is 42.0. The lowest BCUT2D eigenvalue weighted by Gasteiger charge is -2.14. The Labute approximate surface area is 441 Å². The second kappa shape index (κ2) is 17.7. The third kappa shape index (κ3) is 6.83. The molecular formula is C64H39IN10. The summed E-state index contributed by atoms with van der Waals surface area (Å²) in [5.74, 6) is 1.61. The Kier molecular flexibility index (Phi) is 10.3. The Balaban J connectivity index is 0.000000116. The summed E-state index contributed by atoms with van der Waals surface area (Å²) in [6.45, 7) is 0. The van der Waals surface area contributed by atoms with Gasteiger partial charge in [-0.3, -0.25) is 17.9 Å². The molecule has 0 saturated carbocycles. The Hall–Kier alpha value is -9.95. The molecule has 75 heavy (non-hydrogen) atoms. The van der Waals surface area contributed by atoms with Gasteiger partial charge in [-0.2, -0.15) is 10.5 Å². The van der Waals surface area contributed by atoms with Crippen LogP contribution in [0.15, 0.2) is 231 Å². The summed E-state index contributed by atoms with van der Waals surface area (Å²) >= 11 is 2.21. The number of aromatic nitrogens is 8. The summed E-state index contributed by atoms with van der Waals surface area (Å²) in [5, 5.41) is 25.3. The van der Waals surface area contributed by atoms with Crippen molar-refractivity contribution in [2.24, 2.45) is 0 Å². The van der Waals surface area contributed by atoms with Crippen LogP contribution in [0.1, 0.15) is 11.1 Å². The van der Waals surface area contributed by atoms with Gasteiger partial charge in [0.05, 0.1) is 77.8 Å². The Morgan fingerprint density at radius 2 is 0.693 bits per heavy atom. The molecule has 16 aromatic rings. The average Bonchev–Trinajstić information content (AvgIpc) is 4.33. The van der Waals surface area contributed by atoms with Crippen LogP contribution in [0, 0.1) is 26.2 Å². The predicted octanol–water partition coefficient (Wildman–Crippen LogP) is 15.6. The lowest BCUT2D eigenvalue weighted by Crippen LogP contribution is -2.04. The summed E-state index contributed by atoms with van der Waals surface area (Å²) in [6, 6.07) is 83.1. The summed E-state index contributed by atoms with van der Waals surface area (Å²) < 4.78 is 11.7. The van der Waals surface area contributed by atoms with E-state index in [0.29, 0.717) is 11.1 Å². The van der Waals surface area contributed by atoms with Crippen LogP contribution < -0.4 is 0 Å². The van der Waals surface area contributed by atoms with Gasteiger partial charge in [-0.15, -0.1) is 0 Å². The van der Waals surface area contributed by atoms with Gasteiger partial charge in [0, 0.05) is 36.1 Å². The fraction of sp³-hybridized carbons (Fsp3) is 0. The van der Waals surface area contributed by atoms with Gasteiger partial charge in [-0.25, -0.2) is 9.97 Å². The molecule has 6 aromatic heterocycles. The van der Waals surface area contributed by atoms with E-state index in [1.54, 1.807) is 0 Å². The number of para-hydroxylation sites is 12. The first-order valence-electron chi connectivity index (χ1n) is 24.5. The zero-order valence-electron chi connectivity index (χ0n) is 39.8. The lowest BCUT2D eigenvalue weighted by molar-refractivity contribution is 1.08. The minimum absolute atomic E-state index is 0.601. The summed E-state index contributed by atoms with van der Waals surface area (Å²) in [7, 11) is 0. The lowest BCUT2D eigenvalue weighted by atomic mass is 10.1. The van der Waals surface area contributed by atoms with Crippen LogP contribution in [0.5, 0.6) is 0 Å². The third-order valence-corrected chi connectivity index (χ3v) is 15.1. The van der Waals surface area contributed by atoms with Crippen molar-refractivity contribution in [1.29, 1.82) is 10.5 Å². The summed E-state index contributed by atoms with van der Waals surface area (Å²) in [6.07, 6.45) is 0. The molecule has 0 radical (unpaired) electrons. The normalized spacial score (nSPS) is 11.5. The average molecular weight is 1070 g/mol. The van der Waals surface area contributed by atoms with Crippen molar-refractivity contribution in [3.8, 4) is 29.2 Å². The van der Waals surface area contributed by atoms with Crippen molar-refractivity contribution in [2.45, 2.75) is 0 Å².